The van der Waals surface area contributed by atoms with E-state index >= 15 is 0 Å². The quantitative estimate of drug-likeness (QED) is 0.675. The number of nitrogens with zero attached hydrogens (tertiary/aromatic N) is 3. The van der Waals surface area contributed by atoms with Crippen LogP contribution in [-0.2, 0) is 14.8 Å². The van der Waals surface area contributed by atoms with E-state index in [0.29, 0.717) is 36.9 Å². The van der Waals surface area contributed by atoms with Crippen LogP contribution in [0.3, 0.4) is 0 Å². The van der Waals surface area contributed by atoms with Gasteiger partial charge in [0.25, 0.3) is 0 Å². The zero-order valence-electron chi connectivity index (χ0n) is 17.3. The molecular formula is C21H26ClN3O4S. The van der Waals surface area contributed by atoms with Crippen LogP contribution in [0, 0.1) is 0 Å². The number of halogens is 1. The Morgan fingerprint density at radius 2 is 1.60 bits per heavy atom. The van der Waals surface area contributed by atoms with Crippen molar-refractivity contribution in [3.8, 4) is 5.75 Å². The summed E-state index contributed by atoms with van der Waals surface area (Å²) >= 11 is 5.92. The lowest BCUT2D eigenvalue weighted by atomic mass is 10.2. The molecule has 0 radical (unpaired) electrons. The summed E-state index contributed by atoms with van der Waals surface area (Å²) in [7, 11) is -2.02. The van der Waals surface area contributed by atoms with Crippen LogP contribution in [-0.4, -0.2) is 64.8 Å². The number of hydrogen-bond acceptors (Lipinski definition) is 5. The molecule has 0 saturated carbocycles. The SMILES string of the molecule is COc1ccc(N2CCN(C(=O)[C@H](C)N(c3ccc(Cl)cc3)S(C)(=O)=O)CC2)cc1. The zero-order chi connectivity index (χ0) is 21.9. The van der Waals surface area contributed by atoms with Gasteiger partial charge in [0.15, 0.2) is 0 Å². The third-order valence-corrected chi connectivity index (χ3v) is 6.67. The number of benzene rings is 2. The summed E-state index contributed by atoms with van der Waals surface area (Å²) in [4.78, 5) is 17.0. The molecule has 1 saturated heterocycles. The van der Waals surface area contributed by atoms with Crippen molar-refractivity contribution in [3.05, 3.63) is 53.6 Å². The van der Waals surface area contributed by atoms with E-state index in [1.807, 2.05) is 24.3 Å². The molecule has 1 heterocycles. The Balaban J connectivity index is 1.70. The van der Waals surface area contributed by atoms with E-state index in [1.165, 1.54) is 0 Å². The second-order valence-electron chi connectivity index (χ2n) is 7.22. The van der Waals surface area contributed by atoms with Gasteiger partial charge in [0, 0.05) is 36.9 Å². The minimum absolute atomic E-state index is 0.218. The topological polar surface area (TPSA) is 70.2 Å². The number of methoxy groups -OCH3 is 1. The Morgan fingerprint density at radius 1 is 1.03 bits per heavy atom. The number of anilines is 2. The second-order valence-corrected chi connectivity index (χ2v) is 9.52. The van der Waals surface area contributed by atoms with Crippen LogP contribution >= 0.6 is 11.6 Å². The van der Waals surface area contributed by atoms with Gasteiger partial charge < -0.3 is 14.5 Å². The first-order chi connectivity index (χ1) is 14.2. The van der Waals surface area contributed by atoms with Crippen LogP contribution < -0.4 is 13.9 Å². The minimum atomic E-state index is -3.65. The van der Waals surface area contributed by atoms with Gasteiger partial charge in [-0.15, -0.1) is 0 Å². The van der Waals surface area contributed by atoms with Gasteiger partial charge in [0.05, 0.1) is 19.1 Å². The predicted molar refractivity (Wildman–Crippen MR) is 120 cm³/mol. The second kappa shape index (κ2) is 9.14. The fourth-order valence-corrected chi connectivity index (χ4v) is 4.93. The maximum absolute atomic E-state index is 13.1. The first-order valence-corrected chi connectivity index (χ1v) is 11.9. The molecule has 0 spiro atoms. The lowest BCUT2D eigenvalue weighted by Gasteiger charge is -2.39. The average molecular weight is 452 g/mol. The Kier molecular flexibility index (Phi) is 6.77. The van der Waals surface area contributed by atoms with Crippen molar-refractivity contribution >= 4 is 38.9 Å². The van der Waals surface area contributed by atoms with Gasteiger partial charge in [-0.1, -0.05) is 11.6 Å². The van der Waals surface area contributed by atoms with Gasteiger partial charge in [0.1, 0.15) is 11.8 Å². The number of amides is 1. The number of piperazine rings is 1. The Hall–Kier alpha value is -2.45. The van der Waals surface area contributed by atoms with E-state index in [-0.39, 0.29) is 5.91 Å². The van der Waals surface area contributed by atoms with E-state index in [4.69, 9.17) is 16.3 Å². The van der Waals surface area contributed by atoms with Gasteiger partial charge >= 0.3 is 0 Å². The van der Waals surface area contributed by atoms with Crippen molar-refractivity contribution in [1.82, 2.24) is 4.90 Å². The lowest BCUT2D eigenvalue weighted by Crippen LogP contribution is -2.55. The average Bonchev–Trinajstić information content (AvgIpc) is 2.74. The summed E-state index contributed by atoms with van der Waals surface area (Å²) in [5.41, 5.74) is 1.48. The molecule has 0 aliphatic carbocycles. The van der Waals surface area contributed by atoms with E-state index < -0.39 is 16.1 Å². The van der Waals surface area contributed by atoms with Gasteiger partial charge in [0.2, 0.25) is 15.9 Å². The summed E-state index contributed by atoms with van der Waals surface area (Å²) in [5, 5.41) is 0.501. The molecule has 1 aliphatic heterocycles. The number of carbonyl (C=O) groups excluding carboxylic acids is 1. The van der Waals surface area contributed by atoms with E-state index in [2.05, 4.69) is 4.90 Å². The van der Waals surface area contributed by atoms with Gasteiger partial charge in [-0.25, -0.2) is 8.42 Å². The molecule has 7 nitrogen and oxygen atoms in total. The fraction of sp³-hybridized carbons (Fsp3) is 0.381. The van der Waals surface area contributed by atoms with Gasteiger partial charge in [-0.3, -0.25) is 9.10 Å². The Labute approximate surface area is 182 Å². The Bertz CT molecular complexity index is 972. The minimum Gasteiger partial charge on any atom is -0.497 e. The molecular weight excluding hydrogens is 426 g/mol. The zero-order valence-corrected chi connectivity index (χ0v) is 18.9. The van der Waals surface area contributed by atoms with Crippen molar-refractivity contribution in [2.75, 3.05) is 48.7 Å². The summed E-state index contributed by atoms with van der Waals surface area (Å²) in [6, 6.07) is 13.4. The summed E-state index contributed by atoms with van der Waals surface area (Å²) in [6.07, 6.45) is 1.10. The molecule has 1 atom stereocenters. The summed E-state index contributed by atoms with van der Waals surface area (Å²) < 4.78 is 31.2. The molecule has 2 aromatic rings. The number of ether oxygens (including phenoxy) is 1. The largest absolute Gasteiger partial charge is 0.497 e. The van der Waals surface area contributed by atoms with Crippen LogP contribution in [0.25, 0.3) is 0 Å². The third kappa shape index (κ3) is 4.99. The molecule has 0 bridgehead atoms. The summed E-state index contributed by atoms with van der Waals surface area (Å²) in [6.45, 7) is 4.00. The van der Waals surface area contributed by atoms with Gasteiger partial charge in [-0.05, 0) is 55.5 Å². The van der Waals surface area contributed by atoms with E-state index in [0.717, 1.165) is 22.0 Å². The number of hydrogen-bond donors (Lipinski definition) is 0. The normalized spacial score (nSPS) is 15.6. The molecule has 2 aromatic carbocycles. The predicted octanol–water partition coefficient (Wildman–Crippen LogP) is 2.85. The highest BCUT2D eigenvalue weighted by molar-refractivity contribution is 7.92. The highest BCUT2D eigenvalue weighted by atomic mass is 35.5. The van der Waals surface area contributed by atoms with Crippen molar-refractivity contribution < 1.29 is 17.9 Å². The highest BCUT2D eigenvalue weighted by Gasteiger charge is 2.33. The number of carbonyl (C=O) groups is 1. The van der Waals surface area contributed by atoms with Crippen LogP contribution in [0.2, 0.25) is 5.02 Å². The first-order valence-electron chi connectivity index (χ1n) is 9.63. The molecule has 0 aromatic heterocycles. The summed E-state index contributed by atoms with van der Waals surface area (Å²) in [5.74, 6) is 0.578. The van der Waals surface area contributed by atoms with Crippen LogP contribution in [0.1, 0.15) is 6.92 Å². The van der Waals surface area contributed by atoms with Crippen molar-refractivity contribution in [1.29, 1.82) is 0 Å². The standard InChI is InChI=1S/C21H26ClN3O4S/c1-16(25(30(3,27)28)19-6-4-17(22)5-7-19)21(26)24-14-12-23(13-15-24)18-8-10-20(29-2)11-9-18/h4-11,16H,12-15H2,1-3H3/t16-/m0/s1. The molecule has 1 amide bonds. The molecule has 1 fully saturated rings. The van der Waals surface area contributed by atoms with E-state index in [9.17, 15) is 13.2 Å². The Morgan fingerprint density at radius 3 is 2.10 bits per heavy atom. The lowest BCUT2D eigenvalue weighted by molar-refractivity contribution is -0.132. The maximum atomic E-state index is 13.1. The monoisotopic (exact) mass is 451 g/mol. The van der Waals surface area contributed by atoms with Crippen molar-refractivity contribution in [2.45, 2.75) is 13.0 Å². The molecule has 3 rings (SSSR count). The van der Waals surface area contributed by atoms with Crippen LogP contribution in [0.4, 0.5) is 11.4 Å². The molecule has 1 aliphatic rings. The molecule has 162 valence electrons. The van der Waals surface area contributed by atoms with Crippen LogP contribution in [0.15, 0.2) is 48.5 Å². The molecule has 0 N–H and O–H groups in total. The van der Waals surface area contributed by atoms with E-state index in [1.54, 1.807) is 43.2 Å². The van der Waals surface area contributed by atoms with Crippen molar-refractivity contribution in [3.63, 3.8) is 0 Å². The highest BCUT2D eigenvalue weighted by Crippen LogP contribution is 2.25. The number of sulfonamides is 1. The maximum Gasteiger partial charge on any atom is 0.246 e. The van der Waals surface area contributed by atoms with Crippen molar-refractivity contribution in [2.24, 2.45) is 0 Å². The number of rotatable bonds is 6. The third-order valence-electron chi connectivity index (χ3n) is 5.18. The van der Waals surface area contributed by atoms with Crippen LogP contribution in [0.5, 0.6) is 5.75 Å². The molecule has 30 heavy (non-hydrogen) atoms. The molecule has 9 heteroatoms. The smallest absolute Gasteiger partial charge is 0.246 e. The molecule has 0 unspecified atom stereocenters. The van der Waals surface area contributed by atoms with Gasteiger partial charge in [-0.2, -0.15) is 0 Å². The fourth-order valence-electron chi connectivity index (χ4n) is 3.63. The first kappa shape index (κ1) is 22.2.